The Kier molecular flexibility index (Phi) is 6.82. The van der Waals surface area contributed by atoms with E-state index in [2.05, 4.69) is 26.6 Å². The molecular formula is C18H26BrN5O4S. The number of nitrogens with zero attached hydrogens (tertiary/aromatic N) is 2. The molecule has 1 aromatic carbocycles. The van der Waals surface area contributed by atoms with Crippen molar-refractivity contribution in [3.05, 3.63) is 28.7 Å². The van der Waals surface area contributed by atoms with Crippen LogP contribution in [0.2, 0.25) is 0 Å². The van der Waals surface area contributed by atoms with Gasteiger partial charge in [0.15, 0.2) is 6.17 Å². The maximum atomic E-state index is 13.0. The van der Waals surface area contributed by atoms with Gasteiger partial charge in [-0.15, -0.1) is 0 Å². The van der Waals surface area contributed by atoms with Gasteiger partial charge in [0.2, 0.25) is 10.0 Å². The average Bonchev–Trinajstić information content (AvgIpc) is 3.09. The number of amides is 3. The van der Waals surface area contributed by atoms with Gasteiger partial charge in [0.1, 0.15) is 0 Å². The Labute approximate surface area is 179 Å². The number of sulfonamides is 1. The summed E-state index contributed by atoms with van der Waals surface area (Å²) in [6.07, 6.45) is 2.91. The topological polar surface area (TPSA) is 125 Å². The van der Waals surface area contributed by atoms with Gasteiger partial charge in [-0.25, -0.2) is 13.2 Å². The molecule has 1 unspecified atom stereocenters. The third-order valence-corrected chi connectivity index (χ3v) is 6.97. The first-order chi connectivity index (χ1) is 13.6. The predicted octanol–water partition coefficient (Wildman–Crippen LogP) is 1.27. The maximum Gasteiger partial charge on any atom is 0.323 e. The third-order valence-electron chi connectivity index (χ3n) is 5.24. The Morgan fingerprint density at radius 1 is 1.17 bits per heavy atom. The number of halogens is 1. The fourth-order valence-electron chi connectivity index (χ4n) is 3.74. The molecule has 29 heavy (non-hydrogen) atoms. The van der Waals surface area contributed by atoms with Gasteiger partial charge in [0.25, 0.3) is 5.91 Å². The second-order valence-electron chi connectivity index (χ2n) is 7.50. The molecule has 1 aliphatic heterocycles. The van der Waals surface area contributed by atoms with Crippen LogP contribution >= 0.6 is 15.9 Å². The van der Waals surface area contributed by atoms with E-state index in [0.29, 0.717) is 5.69 Å². The van der Waals surface area contributed by atoms with Gasteiger partial charge in [-0.2, -0.15) is 4.31 Å². The molecule has 0 aromatic heterocycles. The number of nitrogens with one attached hydrogen (secondary N) is 2. The van der Waals surface area contributed by atoms with E-state index >= 15 is 0 Å². The molecule has 2 aliphatic rings. The van der Waals surface area contributed by atoms with E-state index in [1.54, 1.807) is 18.2 Å². The zero-order chi connectivity index (χ0) is 21.2. The summed E-state index contributed by atoms with van der Waals surface area (Å²) in [5.41, 5.74) is 6.45. The Balaban J connectivity index is 1.76. The monoisotopic (exact) mass is 487 g/mol. The summed E-state index contributed by atoms with van der Waals surface area (Å²) in [6, 6.07) is 6.57. The summed E-state index contributed by atoms with van der Waals surface area (Å²) in [5, 5.41) is 5.64. The number of carbonyl (C=O) groups excluding carboxylic acids is 2. The van der Waals surface area contributed by atoms with Crippen molar-refractivity contribution in [3.63, 3.8) is 0 Å². The van der Waals surface area contributed by atoms with Crippen LogP contribution < -0.4 is 16.4 Å². The molecule has 1 aromatic rings. The molecule has 11 heteroatoms. The number of hydrogen-bond donors (Lipinski definition) is 3. The second-order valence-corrected chi connectivity index (χ2v) is 10.4. The normalized spacial score (nSPS) is 25.6. The Morgan fingerprint density at radius 3 is 2.48 bits per heavy atom. The van der Waals surface area contributed by atoms with E-state index in [4.69, 9.17) is 5.73 Å². The highest BCUT2D eigenvalue weighted by atomic mass is 79.9. The van der Waals surface area contributed by atoms with Crippen LogP contribution in [0.15, 0.2) is 28.7 Å². The fraction of sp³-hybridized carbons (Fsp3) is 0.556. The van der Waals surface area contributed by atoms with Crippen LogP contribution in [0.1, 0.15) is 25.7 Å². The lowest BCUT2D eigenvalue weighted by Crippen LogP contribution is -2.56. The molecule has 1 aliphatic carbocycles. The van der Waals surface area contributed by atoms with Crippen molar-refractivity contribution < 1.29 is 18.0 Å². The Morgan fingerprint density at radius 2 is 1.86 bits per heavy atom. The van der Waals surface area contributed by atoms with Crippen molar-refractivity contribution in [2.75, 3.05) is 24.7 Å². The molecule has 3 rings (SSSR count). The van der Waals surface area contributed by atoms with Gasteiger partial charge < -0.3 is 16.4 Å². The summed E-state index contributed by atoms with van der Waals surface area (Å²) in [7, 11) is -3.67. The Hall–Kier alpha value is -1.69. The lowest BCUT2D eigenvalue weighted by Gasteiger charge is -2.32. The number of rotatable bonds is 4. The van der Waals surface area contributed by atoms with Crippen LogP contribution in [0.25, 0.3) is 0 Å². The quantitative estimate of drug-likeness (QED) is 0.589. The van der Waals surface area contributed by atoms with E-state index in [1.807, 2.05) is 6.07 Å². The van der Waals surface area contributed by atoms with E-state index in [9.17, 15) is 18.0 Å². The molecule has 0 radical (unpaired) electrons. The number of benzene rings is 1. The van der Waals surface area contributed by atoms with E-state index < -0.39 is 28.1 Å². The highest BCUT2D eigenvalue weighted by Crippen LogP contribution is 2.23. The van der Waals surface area contributed by atoms with E-state index in [0.717, 1.165) is 40.7 Å². The minimum absolute atomic E-state index is 0.0678. The SMILES string of the molecule is CS(=O)(=O)N1CCN(C(=O)Nc2cccc(Br)c2)C1C(=O)NC1CCC(N)CC1. The van der Waals surface area contributed by atoms with Gasteiger partial charge in [-0.3, -0.25) is 9.69 Å². The van der Waals surface area contributed by atoms with E-state index in [-0.39, 0.29) is 25.2 Å². The largest absolute Gasteiger partial charge is 0.350 e. The molecule has 160 valence electrons. The lowest BCUT2D eigenvalue weighted by atomic mass is 9.92. The average molecular weight is 488 g/mol. The van der Waals surface area contributed by atoms with Crippen LogP contribution in [-0.4, -0.2) is 67.2 Å². The molecule has 1 saturated heterocycles. The van der Waals surface area contributed by atoms with E-state index in [1.165, 1.54) is 4.90 Å². The summed E-state index contributed by atoms with van der Waals surface area (Å²) < 4.78 is 26.3. The maximum absolute atomic E-state index is 13.0. The molecule has 0 spiro atoms. The number of hydrogen-bond acceptors (Lipinski definition) is 5. The summed E-state index contributed by atoms with van der Waals surface area (Å²) in [5.74, 6) is -0.488. The molecule has 4 N–H and O–H groups in total. The first kappa shape index (κ1) is 22.0. The zero-order valence-corrected chi connectivity index (χ0v) is 18.6. The molecule has 0 bridgehead atoms. The predicted molar refractivity (Wildman–Crippen MR) is 114 cm³/mol. The van der Waals surface area contributed by atoms with Crippen LogP contribution in [0.5, 0.6) is 0 Å². The molecule has 3 amide bonds. The van der Waals surface area contributed by atoms with Gasteiger partial charge in [-0.1, -0.05) is 22.0 Å². The lowest BCUT2D eigenvalue weighted by molar-refractivity contribution is -0.128. The highest BCUT2D eigenvalue weighted by Gasteiger charge is 2.45. The van der Waals surface area contributed by atoms with Gasteiger partial charge >= 0.3 is 6.03 Å². The van der Waals surface area contributed by atoms with Crippen molar-refractivity contribution in [3.8, 4) is 0 Å². The highest BCUT2D eigenvalue weighted by molar-refractivity contribution is 9.10. The molecule has 9 nitrogen and oxygen atoms in total. The van der Waals surface area contributed by atoms with Crippen LogP contribution in [0.4, 0.5) is 10.5 Å². The van der Waals surface area contributed by atoms with Crippen LogP contribution in [-0.2, 0) is 14.8 Å². The van der Waals surface area contributed by atoms with Crippen molar-refractivity contribution in [1.82, 2.24) is 14.5 Å². The Bertz CT molecular complexity index is 873. The standard InChI is InChI=1S/C18H26BrN5O4S/c1-29(27,28)24-10-9-23(18(26)22-15-4-2-3-12(19)11-15)17(24)16(25)21-14-7-5-13(20)6-8-14/h2-4,11,13-14,17H,5-10,20H2,1H3,(H,21,25)(H,22,26). The molecular weight excluding hydrogens is 462 g/mol. The molecule has 1 heterocycles. The van der Waals surface area contributed by atoms with Crippen molar-refractivity contribution in [1.29, 1.82) is 0 Å². The van der Waals surface area contributed by atoms with Crippen molar-refractivity contribution >= 4 is 43.6 Å². The summed E-state index contributed by atoms with van der Waals surface area (Å²) in [6.45, 7) is 0.193. The minimum Gasteiger partial charge on any atom is -0.350 e. The number of anilines is 1. The van der Waals surface area contributed by atoms with Crippen LogP contribution in [0.3, 0.4) is 0 Å². The molecule has 2 fully saturated rings. The van der Waals surface area contributed by atoms with Gasteiger partial charge in [-0.05, 0) is 43.9 Å². The first-order valence-electron chi connectivity index (χ1n) is 9.51. The molecule has 1 atom stereocenters. The third kappa shape index (κ3) is 5.47. The van der Waals surface area contributed by atoms with Crippen molar-refractivity contribution in [2.24, 2.45) is 5.73 Å². The summed E-state index contributed by atoms with van der Waals surface area (Å²) >= 11 is 3.34. The molecule has 1 saturated carbocycles. The number of carbonyl (C=O) groups is 2. The minimum atomic E-state index is -3.67. The number of urea groups is 1. The summed E-state index contributed by atoms with van der Waals surface area (Å²) in [4.78, 5) is 27.1. The van der Waals surface area contributed by atoms with Crippen LogP contribution in [0, 0.1) is 0 Å². The fourth-order valence-corrected chi connectivity index (χ4v) is 5.12. The second kappa shape index (κ2) is 8.99. The van der Waals surface area contributed by atoms with Gasteiger partial charge in [0, 0.05) is 35.3 Å². The zero-order valence-electron chi connectivity index (χ0n) is 16.2. The van der Waals surface area contributed by atoms with Gasteiger partial charge in [0.05, 0.1) is 6.26 Å². The van der Waals surface area contributed by atoms with Crippen molar-refractivity contribution in [2.45, 2.75) is 43.9 Å². The number of nitrogens with two attached hydrogens (primary N) is 1. The first-order valence-corrected chi connectivity index (χ1v) is 12.2. The smallest absolute Gasteiger partial charge is 0.323 e.